The molecule has 156 valence electrons. The molecule has 7 heteroatoms. The summed E-state index contributed by atoms with van der Waals surface area (Å²) in [5.74, 6) is -2.01. The number of para-hydroxylation sites is 1. The predicted molar refractivity (Wildman–Crippen MR) is 118 cm³/mol. The Morgan fingerprint density at radius 1 is 0.839 bits per heavy atom. The number of nitrogens with one attached hydrogen (secondary N) is 2. The molecule has 0 aliphatic rings. The van der Waals surface area contributed by atoms with Crippen LogP contribution in [0.1, 0.15) is 27.0 Å². The number of aryl methyl sites for hydroxylation is 2. The first-order valence-corrected chi connectivity index (χ1v) is 9.51. The quantitative estimate of drug-likeness (QED) is 0.219. The Kier molecular flexibility index (Phi) is 6.90. The SMILES string of the molecule is Cc1cc(C)cc(NC(=O)C(=O)N/N=C/c2ccccc2OC(=O)c2ccccc2)c1. The molecule has 0 radical (unpaired) electrons. The number of rotatable bonds is 5. The summed E-state index contributed by atoms with van der Waals surface area (Å²) in [5.41, 5.74) is 5.50. The topological polar surface area (TPSA) is 96.9 Å². The lowest BCUT2D eigenvalue weighted by atomic mass is 10.1. The van der Waals surface area contributed by atoms with Gasteiger partial charge in [-0.3, -0.25) is 9.59 Å². The van der Waals surface area contributed by atoms with Crippen LogP contribution in [-0.2, 0) is 9.59 Å². The van der Waals surface area contributed by atoms with Crippen LogP contribution in [0.5, 0.6) is 5.75 Å². The third kappa shape index (κ3) is 6.11. The fraction of sp³-hybridized carbons (Fsp3) is 0.0833. The Morgan fingerprint density at radius 2 is 1.48 bits per heavy atom. The highest BCUT2D eigenvalue weighted by Gasteiger charge is 2.14. The van der Waals surface area contributed by atoms with E-state index < -0.39 is 17.8 Å². The van der Waals surface area contributed by atoms with Crippen molar-refractivity contribution in [2.75, 3.05) is 5.32 Å². The zero-order chi connectivity index (χ0) is 22.2. The Balaban J connectivity index is 1.62. The van der Waals surface area contributed by atoms with E-state index in [1.54, 1.807) is 66.7 Å². The van der Waals surface area contributed by atoms with E-state index in [1.165, 1.54) is 6.21 Å². The number of esters is 1. The standard InChI is InChI=1S/C24H21N3O4/c1-16-12-17(2)14-20(13-16)26-22(28)23(29)27-25-15-19-10-6-7-11-21(19)31-24(30)18-8-4-3-5-9-18/h3-15H,1-2H3,(H,26,28)(H,27,29)/b25-15+. The van der Waals surface area contributed by atoms with Gasteiger partial charge in [-0.1, -0.05) is 36.4 Å². The minimum absolute atomic E-state index is 0.272. The van der Waals surface area contributed by atoms with Crippen molar-refractivity contribution in [1.82, 2.24) is 5.43 Å². The Bertz CT molecular complexity index is 1120. The first-order chi connectivity index (χ1) is 14.9. The van der Waals surface area contributed by atoms with E-state index in [0.717, 1.165) is 11.1 Å². The Labute approximate surface area is 179 Å². The highest BCUT2D eigenvalue weighted by molar-refractivity contribution is 6.39. The fourth-order valence-corrected chi connectivity index (χ4v) is 2.86. The zero-order valence-electron chi connectivity index (χ0n) is 17.1. The minimum Gasteiger partial charge on any atom is -0.422 e. The second kappa shape index (κ2) is 9.98. The second-order valence-electron chi connectivity index (χ2n) is 6.82. The molecule has 0 heterocycles. The number of hydrogen-bond donors (Lipinski definition) is 2. The Morgan fingerprint density at radius 3 is 2.19 bits per heavy atom. The smallest absolute Gasteiger partial charge is 0.343 e. The number of hydrogen-bond acceptors (Lipinski definition) is 5. The van der Waals surface area contributed by atoms with Crippen LogP contribution in [0, 0.1) is 13.8 Å². The molecule has 0 bridgehead atoms. The fourth-order valence-electron chi connectivity index (χ4n) is 2.86. The number of carbonyl (C=O) groups is 3. The summed E-state index contributed by atoms with van der Waals surface area (Å²) < 4.78 is 5.42. The molecule has 0 fully saturated rings. The molecule has 0 saturated heterocycles. The van der Waals surface area contributed by atoms with E-state index in [-0.39, 0.29) is 5.75 Å². The predicted octanol–water partition coefficient (Wildman–Crippen LogP) is 3.61. The lowest BCUT2D eigenvalue weighted by Crippen LogP contribution is -2.32. The highest BCUT2D eigenvalue weighted by Crippen LogP contribution is 2.18. The summed E-state index contributed by atoms with van der Waals surface area (Å²) in [6.07, 6.45) is 1.30. The maximum Gasteiger partial charge on any atom is 0.343 e. The largest absolute Gasteiger partial charge is 0.422 e. The van der Waals surface area contributed by atoms with E-state index in [2.05, 4.69) is 15.8 Å². The van der Waals surface area contributed by atoms with Gasteiger partial charge < -0.3 is 10.1 Å². The monoisotopic (exact) mass is 415 g/mol. The molecule has 0 saturated carbocycles. The third-order valence-corrected chi connectivity index (χ3v) is 4.19. The van der Waals surface area contributed by atoms with Crippen molar-refractivity contribution in [3.05, 3.63) is 95.1 Å². The van der Waals surface area contributed by atoms with Crippen LogP contribution >= 0.6 is 0 Å². The van der Waals surface area contributed by atoms with Gasteiger partial charge in [-0.25, -0.2) is 10.2 Å². The van der Waals surface area contributed by atoms with Crippen molar-refractivity contribution in [1.29, 1.82) is 0 Å². The number of benzene rings is 3. The van der Waals surface area contributed by atoms with Crippen molar-refractivity contribution >= 4 is 29.7 Å². The highest BCUT2D eigenvalue weighted by atomic mass is 16.5. The van der Waals surface area contributed by atoms with Gasteiger partial charge in [-0.2, -0.15) is 5.10 Å². The minimum atomic E-state index is -0.922. The van der Waals surface area contributed by atoms with Gasteiger partial charge in [-0.05, 0) is 61.4 Å². The van der Waals surface area contributed by atoms with Crippen LogP contribution in [-0.4, -0.2) is 24.0 Å². The summed E-state index contributed by atoms with van der Waals surface area (Å²) in [7, 11) is 0. The van der Waals surface area contributed by atoms with Crippen LogP contribution < -0.4 is 15.5 Å². The normalized spacial score (nSPS) is 10.5. The molecule has 0 spiro atoms. The molecule has 2 amide bonds. The molecule has 0 unspecified atom stereocenters. The molecule has 3 aromatic rings. The molecular weight excluding hydrogens is 394 g/mol. The van der Waals surface area contributed by atoms with Crippen LogP contribution in [0.15, 0.2) is 77.9 Å². The summed E-state index contributed by atoms with van der Waals surface area (Å²) in [5, 5.41) is 6.34. The number of anilines is 1. The average molecular weight is 415 g/mol. The molecule has 2 N–H and O–H groups in total. The van der Waals surface area contributed by atoms with Crippen molar-refractivity contribution in [3.63, 3.8) is 0 Å². The number of hydrazone groups is 1. The van der Waals surface area contributed by atoms with Gasteiger partial charge >= 0.3 is 17.8 Å². The number of amides is 2. The van der Waals surface area contributed by atoms with Crippen molar-refractivity contribution < 1.29 is 19.1 Å². The molecule has 7 nitrogen and oxygen atoms in total. The molecule has 0 aromatic heterocycles. The maximum absolute atomic E-state index is 12.3. The molecule has 0 aliphatic carbocycles. The summed E-state index contributed by atoms with van der Waals surface area (Å²) in [6, 6.07) is 20.8. The summed E-state index contributed by atoms with van der Waals surface area (Å²) in [6.45, 7) is 3.80. The van der Waals surface area contributed by atoms with Gasteiger partial charge in [0, 0.05) is 11.3 Å². The molecule has 0 atom stereocenters. The van der Waals surface area contributed by atoms with Crippen molar-refractivity contribution in [2.45, 2.75) is 13.8 Å². The van der Waals surface area contributed by atoms with Gasteiger partial charge in [0.1, 0.15) is 5.75 Å². The van der Waals surface area contributed by atoms with Gasteiger partial charge in [-0.15, -0.1) is 0 Å². The van der Waals surface area contributed by atoms with E-state index in [4.69, 9.17) is 4.74 Å². The van der Waals surface area contributed by atoms with E-state index >= 15 is 0 Å². The lowest BCUT2D eigenvalue weighted by Gasteiger charge is -2.07. The van der Waals surface area contributed by atoms with Gasteiger partial charge in [0.15, 0.2) is 0 Å². The van der Waals surface area contributed by atoms with Crippen LogP contribution in [0.2, 0.25) is 0 Å². The first kappa shape index (κ1) is 21.4. The zero-order valence-corrected chi connectivity index (χ0v) is 17.1. The lowest BCUT2D eigenvalue weighted by molar-refractivity contribution is -0.136. The van der Waals surface area contributed by atoms with Gasteiger partial charge in [0.25, 0.3) is 0 Å². The van der Waals surface area contributed by atoms with Gasteiger partial charge in [0.05, 0.1) is 11.8 Å². The average Bonchev–Trinajstić information content (AvgIpc) is 2.74. The van der Waals surface area contributed by atoms with Gasteiger partial charge in [0.2, 0.25) is 0 Å². The molecule has 3 rings (SSSR count). The van der Waals surface area contributed by atoms with Crippen LogP contribution in [0.4, 0.5) is 5.69 Å². The molecular formula is C24H21N3O4. The van der Waals surface area contributed by atoms with Crippen LogP contribution in [0.25, 0.3) is 0 Å². The van der Waals surface area contributed by atoms with Crippen molar-refractivity contribution in [2.24, 2.45) is 5.10 Å². The number of carbonyl (C=O) groups excluding carboxylic acids is 3. The van der Waals surface area contributed by atoms with E-state index in [9.17, 15) is 14.4 Å². The molecule has 0 aliphatic heterocycles. The van der Waals surface area contributed by atoms with E-state index in [1.807, 2.05) is 19.9 Å². The molecule has 3 aromatic carbocycles. The molecule has 31 heavy (non-hydrogen) atoms. The van der Waals surface area contributed by atoms with E-state index in [0.29, 0.717) is 16.8 Å². The maximum atomic E-state index is 12.3. The Hall–Kier alpha value is -4.26. The van der Waals surface area contributed by atoms with Crippen molar-refractivity contribution in [3.8, 4) is 5.75 Å². The summed E-state index contributed by atoms with van der Waals surface area (Å²) in [4.78, 5) is 36.4. The number of nitrogens with zero attached hydrogens (tertiary/aromatic N) is 1. The number of ether oxygens (including phenoxy) is 1. The summed E-state index contributed by atoms with van der Waals surface area (Å²) >= 11 is 0. The van der Waals surface area contributed by atoms with Crippen LogP contribution in [0.3, 0.4) is 0 Å². The third-order valence-electron chi connectivity index (χ3n) is 4.19. The first-order valence-electron chi connectivity index (χ1n) is 9.51. The second-order valence-corrected chi connectivity index (χ2v) is 6.82.